The maximum atomic E-state index is 13.0. The molecule has 1 spiro atoms. The van der Waals surface area contributed by atoms with Crippen molar-refractivity contribution in [1.82, 2.24) is 19.2 Å². The van der Waals surface area contributed by atoms with Crippen molar-refractivity contribution in [3.63, 3.8) is 0 Å². The van der Waals surface area contributed by atoms with Gasteiger partial charge in [0.2, 0.25) is 0 Å². The van der Waals surface area contributed by atoms with Gasteiger partial charge in [-0.1, -0.05) is 31.4 Å². The SMILES string of the molecule is COc1cccc(CN2CCC3(C2)Cn2c(nn(CC4CCCCC4)c(=O)c2=O)CO3)c1. The van der Waals surface area contributed by atoms with E-state index in [4.69, 9.17) is 9.47 Å². The summed E-state index contributed by atoms with van der Waals surface area (Å²) in [6.07, 6.45) is 6.69. The van der Waals surface area contributed by atoms with E-state index in [1.165, 1.54) is 29.5 Å². The standard InChI is InChI=1S/C24H32N4O4/c1-31-20-9-5-8-19(12-20)13-26-11-10-24(16-26)17-27-21(15-32-24)25-28(23(30)22(27)29)14-18-6-3-2-4-7-18/h5,8-9,12,18H,2-4,6-7,10-11,13-17H2,1H3. The predicted molar refractivity (Wildman–Crippen MR) is 120 cm³/mol. The largest absolute Gasteiger partial charge is 0.497 e. The molecule has 1 unspecified atom stereocenters. The van der Waals surface area contributed by atoms with Gasteiger partial charge in [-0.3, -0.25) is 19.1 Å². The molecule has 172 valence electrons. The summed E-state index contributed by atoms with van der Waals surface area (Å²) in [7, 11) is 1.67. The topological polar surface area (TPSA) is 78.6 Å². The molecule has 0 N–H and O–H groups in total. The van der Waals surface area contributed by atoms with Crippen LogP contribution in [-0.2, 0) is 31.0 Å². The lowest BCUT2D eigenvalue weighted by molar-refractivity contribution is -0.0860. The number of hydrogen-bond donors (Lipinski definition) is 0. The third-order valence-electron chi connectivity index (χ3n) is 7.26. The van der Waals surface area contributed by atoms with Gasteiger partial charge in [0.25, 0.3) is 0 Å². The van der Waals surface area contributed by atoms with E-state index in [0.717, 1.165) is 44.6 Å². The number of aromatic nitrogens is 3. The highest BCUT2D eigenvalue weighted by atomic mass is 16.5. The Bertz CT molecular complexity index is 1090. The number of likely N-dealkylation sites (tertiary alicyclic amines) is 1. The lowest BCUT2D eigenvalue weighted by atomic mass is 9.89. The second-order valence-electron chi connectivity index (χ2n) is 9.58. The molecule has 0 radical (unpaired) electrons. The van der Waals surface area contributed by atoms with Crippen molar-refractivity contribution in [2.45, 2.75) is 70.4 Å². The van der Waals surface area contributed by atoms with Crippen LogP contribution in [0.2, 0.25) is 0 Å². The van der Waals surface area contributed by atoms with Crippen LogP contribution in [0, 0.1) is 5.92 Å². The van der Waals surface area contributed by atoms with Crippen molar-refractivity contribution in [1.29, 1.82) is 0 Å². The van der Waals surface area contributed by atoms with Gasteiger partial charge in [0.1, 0.15) is 18.0 Å². The average molecular weight is 441 g/mol. The van der Waals surface area contributed by atoms with Gasteiger partial charge in [-0.05, 0) is 42.9 Å². The molecule has 8 nitrogen and oxygen atoms in total. The van der Waals surface area contributed by atoms with Gasteiger partial charge in [-0.15, -0.1) is 0 Å². The molecule has 1 saturated carbocycles. The van der Waals surface area contributed by atoms with Crippen molar-refractivity contribution in [2.75, 3.05) is 20.2 Å². The van der Waals surface area contributed by atoms with E-state index in [9.17, 15) is 9.59 Å². The van der Waals surface area contributed by atoms with E-state index < -0.39 is 16.7 Å². The van der Waals surface area contributed by atoms with Crippen LogP contribution < -0.4 is 15.9 Å². The summed E-state index contributed by atoms with van der Waals surface area (Å²) in [5.74, 6) is 1.86. The van der Waals surface area contributed by atoms with E-state index in [0.29, 0.717) is 24.8 Å². The molecule has 1 aromatic heterocycles. The van der Waals surface area contributed by atoms with E-state index in [1.807, 2.05) is 18.2 Å². The van der Waals surface area contributed by atoms with E-state index in [1.54, 1.807) is 11.7 Å². The van der Waals surface area contributed by atoms with Crippen LogP contribution in [0.1, 0.15) is 49.9 Å². The second kappa shape index (κ2) is 8.83. The quantitative estimate of drug-likeness (QED) is 0.663. The molecule has 2 aliphatic heterocycles. The molecule has 1 aliphatic carbocycles. The van der Waals surface area contributed by atoms with Crippen molar-refractivity contribution >= 4 is 0 Å². The van der Waals surface area contributed by atoms with E-state index in [-0.39, 0.29) is 6.61 Å². The summed E-state index contributed by atoms with van der Waals surface area (Å²) in [6.45, 7) is 3.61. The molecule has 1 atom stereocenters. The van der Waals surface area contributed by atoms with E-state index >= 15 is 0 Å². The second-order valence-corrected chi connectivity index (χ2v) is 9.58. The van der Waals surface area contributed by atoms with Crippen LogP contribution in [-0.4, -0.2) is 45.0 Å². The Morgan fingerprint density at radius 2 is 2.00 bits per heavy atom. The van der Waals surface area contributed by atoms with Crippen molar-refractivity contribution in [3.05, 3.63) is 56.4 Å². The van der Waals surface area contributed by atoms with Gasteiger partial charge in [0, 0.05) is 26.2 Å². The Labute approximate surface area is 187 Å². The lowest BCUT2D eigenvalue weighted by Gasteiger charge is -2.35. The van der Waals surface area contributed by atoms with E-state index in [2.05, 4.69) is 16.1 Å². The summed E-state index contributed by atoms with van der Waals surface area (Å²) in [5.41, 5.74) is -0.219. The summed E-state index contributed by atoms with van der Waals surface area (Å²) >= 11 is 0. The first-order valence-electron chi connectivity index (χ1n) is 11.8. The fourth-order valence-electron chi connectivity index (χ4n) is 5.48. The minimum atomic E-state index is -0.498. The first-order valence-corrected chi connectivity index (χ1v) is 11.8. The molecule has 3 aliphatic rings. The highest BCUT2D eigenvalue weighted by Gasteiger charge is 2.43. The molecule has 3 heterocycles. The maximum absolute atomic E-state index is 13.0. The highest BCUT2D eigenvalue weighted by Crippen LogP contribution is 2.32. The zero-order valence-corrected chi connectivity index (χ0v) is 18.8. The minimum absolute atomic E-state index is 0.271. The van der Waals surface area contributed by atoms with Gasteiger partial charge in [-0.25, -0.2) is 4.68 Å². The first kappa shape index (κ1) is 21.4. The molecule has 1 saturated heterocycles. The summed E-state index contributed by atoms with van der Waals surface area (Å²) in [6, 6.07) is 8.08. The Kier molecular flexibility index (Phi) is 5.90. The Hall–Kier alpha value is -2.45. The summed E-state index contributed by atoms with van der Waals surface area (Å²) in [5, 5.41) is 4.54. The van der Waals surface area contributed by atoms with Crippen LogP contribution in [0.15, 0.2) is 33.9 Å². The highest BCUT2D eigenvalue weighted by molar-refractivity contribution is 5.28. The number of rotatable bonds is 5. The van der Waals surface area contributed by atoms with Crippen LogP contribution >= 0.6 is 0 Å². The molecule has 2 fully saturated rings. The molecular formula is C24H32N4O4. The van der Waals surface area contributed by atoms with Gasteiger partial charge in [-0.2, -0.15) is 5.10 Å². The van der Waals surface area contributed by atoms with Crippen molar-refractivity contribution in [3.8, 4) is 5.75 Å². The van der Waals surface area contributed by atoms with Crippen molar-refractivity contribution < 1.29 is 9.47 Å². The fraction of sp³-hybridized carbons (Fsp3) is 0.625. The van der Waals surface area contributed by atoms with Crippen molar-refractivity contribution in [2.24, 2.45) is 5.92 Å². The molecular weight excluding hydrogens is 408 g/mol. The number of benzene rings is 1. The third kappa shape index (κ3) is 4.26. The summed E-state index contributed by atoms with van der Waals surface area (Å²) in [4.78, 5) is 28.1. The molecule has 32 heavy (non-hydrogen) atoms. The number of methoxy groups -OCH3 is 1. The van der Waals surface area contributed by atoms with Crippen LogP contribution in [0.5, 0.6) is 5.75 Å². The number of fused-ring (bicyclic) bond motifs is 1. The minimum Gasteiger partial charge on any atom is -0.497 e. The molecule has 1 aromatic carbocycles. The molecule has 2 aromatic rings. The zero-order chi connectivity index (χ0) is 22.1. The molecule has 0 bridgehead atoms. The molecule has 5 rings (SSSR count). The average Bonchev–Trinajstić information content (AvgIpc) is 3.20. The molecule has 8 heteroatoms. The van der Waals surface area contributed by atoms with Gasteiger partial charge < -0.3 is 9.47 Å². The Balaban J connectivity index is 1.30. The smallest absolute Gasteiger partial charge is 0.332 e. The number of nitrogens with zero attached hydrogens (tertiary/aromatic N) is 4. The normalized spacial score (nSPS) is 24.0. The van der Waals surface area contributed by atoms with Crippen LogP contribution in [0.4, 0.5) is 0 Å². The van der Waals surface area contributed by atoms with Gasteiger partial charge in [0.15, 0.2) is 5.82 Å². The third-order valence-corrected chi connectivity index (χ3v) is 7.26. The monoisotopic (exact) mass is 440 g/mol. The first-order chi connectivity index (χ1) is 15.5. The van der Waals surface area contributed by atoms with Crippen LogP contribution in [0.3, 0.4) is 0 Å². The fourth-order valence-corrected chi connectivity index (χ4v) is 5.48. The zero-order valence-electron chi connectivity index (χ0n) is 18.8. The predicted octanol–water partition coefficient (Wildman–Crippen LogP) is 2.17. The Morgan fingerprint density at radius 3 is 2.81 bits per heavy atom. The number of ether oxygens (including phenoxy) is 2. The van der Waals surface area contributed by atoms with Gasteiger partial charge >= 0.3 is 11.1 Å². The lowest BCUT2D eigenvalue weighted by Crippen LogP contribution is -2.53. The molecule has 0 amide bonds. The maximum Gasteiger partial charge on any atom is 0.332 e. The Morgan fingerprint density at radius 1 is 1.16 bits per heavy atom. The number of hydrogen-bond acceptors (Lipinski definition) is 6. The summed E-state index contributed by atoms with van der Waals surface area (Å²) < 4.78 is 14.6. The van der Waals surface area contributed by atoms with Gasteiger partial charge in [0.05, 0.1) is 13.7 Å². The van der Waals surface area contributed by atoms with Crippen LogP contribution in [0.25, 0.3) is 0 Å².